The quantitative estimate of drug-likeness (QED) is 0.285. The summed E-state index contributed by atoms with van der Waals surface area (Å²) in [5, 5.41) is 14.2. The van der Waals surface area contributed by atoms with Gasteiger partial charge in [0, 0.05) is 22.0 Å². The molecule has 5 rings (SSSR count). The van der Waals surface area contributed by atoms with Gasteiger partial charge < -0.3 is 15.4 Å². The maximum absolute atomic E-state index is 13.3. The van der Waals surface area contributed by atoms with Gasteiger partial charge in [-0.3, -0.25) is 4.79 Å². The average Bonchev–Trinajstić information content (AvgIpc) is 3.24. The number of carboxylic acids is 1. The average molecular weight is 464 g/mol. The SMILES string of the molecule is Cc1cccc(C)c1NC(=O)c1cc2c([nH]c3ccccc32)c(CCc2ccc(C(=O)O)cc2)n1. The highest BCUT2D eigenvalue weighted by atomic mass is 16.4. The third-order valence-corrected chi connectivity index (χ3v) is 6.37. The first-order valence-corrected chi connectivity index (χ1v) is 11.5. The van der Waals surface area contributed by atoms with Crippen LogP contribution in [-0.2, 0) is 12.8 Å². The number of amides is 1. The van der Waals surface area contributed by atoms with Gasteiger partial charge in [-0.25, -0.2) is 9.78 Å². The van der Waals surface area contributed by atoms with E-state index >= 15 is 0 Å². The van der Waals surface area contributed by atoms with Crippen LogP contribution in [0.15, 0.2) is 72.8 Å². The van der Waals surface area contributed by atoms with Gasteiger partial charge in [-0.2, -0.15) is 0 Å². The number of nitrogens with one attached hydrogen (secondary N) is 2. The summed E-state index contributed by atoms with van der Waals surface area (Å²) in [7, 11) is 0. The molecule has 2 heterocycles. The van der Waals surface area contributed by atoms with Crippen molar-refractivity contribution in [3.05, 3.63) is 106 Å². The van der Waals surface area contributed by atoms with Gasteiger partial charge in [0.25, 0.3) is 5.91 Å². The summed E-state index contributed by atoms with van der Waals surface area (Å²) in [5.41, 5.74) is 7.13. The van der Waals surface area contributed by atoms with E-state index < -0.39 is 5.97 Å². The Balaban J connectivity index is 1.53. The van der Waals surface area contributed by atoms with Gasteiger partial charge in [0.15, 0.2) is 0 Å². The first kappa shape index (κ1) is 22.3. The Morgan fingerprint density at radius 2 is 1.60 bits per heavy atom. The highest BCUT2D eigenvalue weighted by Gasteiger charge is 2.17. The largest absolute Gasteiger partial charge is 0.478 e. The Kier molecular flexibility index (Phi) is 5.79. The number of benzene rings is 3. The second kappa shape index (κ2) is 9.06. The minimum Gasteiger partial charge on any atom is -0.478 e. The molecular formula is C29H25N3O3. The number of aryl methyl sites for hydroxylation is 4. The minimum absolute atomic E-state index is 0.248. The van der Waals surface area contributed by atoms with Crippen LogP contribution in [0.25, 0.3) is 21.8 Å². The second-order valence-electron chi connectivity index (χ2n) is 8.77. The van der Waals surface area contributed by atoms with Crippen LogP contribution in [0.5, 0.6) is 0 Å². The molecule has 0 aliphatic rings. The topological polar surface area (TPSA) is 95.1 Å². The van der Waals surface area contributed by atoms with E-state index in [0.29, 0.717) is 18.5 Å². The molecule has 5 aromatic rings. The number of hydrogen-bond acceptors (Lipinski definition) is 3. The molecule has 0 aliphatic heterocycles. The molecule has 0 radical (unpaired) electrons. The van der Waals surface area contributed by atoms with Gasteiger partial charge in [0.05, 0.1) is 16.8 Å². The number of pyridine rings is 1. The molecule has 174 valence electrons. The van der Waals surface area contributed by atoms with E-state index in [0.717, 1.165) is 49.9 Å². The minimum atomic E-state index is -0.944. The first-order valence-electron chi connectivity index (χ1n) is 11.5. The third-order valence-electron chi connectivity index (χ3n) is 6.37. The third kappa shape index (κ3) is 4.38. The maximum atomic E-state index is 13.3. The van der Waals surface area contributed by atoms with E-state index in [1.807, 2.05) is 74.5 Å². The Hall–Kier alpha value is -4.45. The van der Waals surface area contributed by atoms with Gasteiger partial charge in [-0.1, -0.05) is 48.5 Å². The molecule has 0 saturated carbocycles. The highest BCUT2D eigenvalue weighted by Crippen LogP contribution is 2.29. The van der Waals surface area contributed by atoms with E-state index in [4.69, 9.17) is 10.1 Å². The molecule has 3 aromatic carbocycles. The number of fused-ring (bicyclic) bond motifs is 3. The maximum Gasteiger partial charge on any atom is 0.335 e. The summed E-state index contributed by atoms with van der Waals surface area (Å²) in [6, 6.07) is 22.6. The number of rotatable bonds is 6. The lowest BCUT2D eigenvalue weighted by Crippen LogP contribution is -2.16. The number of hydrogen-bond donors (Lipinski definition) is 3. The predicted molar refractivity (Wildman–Crippen MR) is 138 cm³/mol. The zero-order valence-corrected chi connectivity index (χ0v) is 19.6. The number of aromatic carboxylic acids is 1. The van der Waals surface area contributed by atoms with Crippen LogP contribution in [0, 0.1) is 13.8 Å². The zero-order chi connectivity index (χ0) is 24.5. The van der Waals surface area contributed by atoms with Crippen molar-refractivity contribution >= 4 is 39.4 Å². The summed E-state index contributed by atoms with van der Waals surface area (Å²) >= 11 is 0. The van der Waals surface area contributed by atoms with Crippen LogP contribution in [0.3, 0.4) is 0 Å². The van der Waals surface area contributed by atoms with Crippen LogP contribution in [0.1, 0.15) is 43.2 Å². The van der Waals surface area contributed by atoms with Crippen LogP contribution < -0.4 is 5.32 Å². The number of H-pyrrole nitrogens is 1. The number of aromatic nitrogens is 2. The normalized spacial score (nSPS) is 11.1. The van der Waals surface area contributed by atoms with Gasteiger partial charge >= 0.3 is 5.97 Å². The van der Waals surface area contributed by atoms with Crippen molar-refractivity contribution in [3.8, 4) is 0 Å². The Morgan fingerprint density at radius 3 is 2.31 bits per heavy atom. The molecular weight excluding hydrogens is 438 g/mol. The lowest BCUT2D eigenvalue weighted by atomic mass is 10.0. The Morgan fingerprint density at radius 1 is 0.886 bits per heavy atom. The molecule has 0 aliphatic carbocycles. The molecule has 3 N–H and O–H groups in total. The van der Waals surface area contributed by atoms with Crippen molar-refractivity contribution < 1.29 is 14.7 Å². The summed E-state index contributed by atoms with van der Waals surface area (Å²) in [6.07, 6.45) is 1.26. The van der Waals surface area contributed by atoms with Crippen LogP contribution in [0.2, 0.25) is 0 Å². The van der Waals surface area contributed by atoms with Crippen molar-refractivity contribution in [3.63, 3.8) is 0 Å². The molecule has 35 heavy (non-hydrogen) atoms. The van der Waals surface area contributed by atoms with Gasteiger partial charge in [-0.05, 0) is 67.6 Å². The van der Waals surface area contributed by atoms with Gasteiger partial charge in [-0.15, -0.1) is 0 Å². The number of carboxylic acid groups (broad SMARTS) is 1. The summed E-state index contributed by atoms with van der Waals surface area (Å²) in [4.78, 5) is 32.7. The molecule has 6 nitrogen and oxygen atoms in total. The smallest absolute Gasteiger partial charge is 0.335 e. The molecule has 0 atom stereocenters. The molecule has 1 amide bonds. The molecule has 6 heteroatoms. The lowest BCUT2D eigenvalue weighted by molar-refractivity contribution is 0.0696. The number of anilines is 1. The van der Waals surface area contributed by atoms with Crippen LogP contribution in [0.4, 0.5) is 5.69 Å². The number of nitrogens with zero attached hydrogens (tertiary/aromatic N) is 1. The van der Waals surface area contributed by atoms with Crippen LogP contribution in [-0.4, -0.2) is 27.0 Å². The fraction of sp³-hybridized carbons (Fsp3) is 0.138. The number of carbonyl (C=O) groups is 2. The number of carbonyl (C=O) groups excluding carboxylic acids is 1. The van der Waals surface area contributed by atoms with E-state index in [9.17, 15) is 9.59 Å². The van der Waals surface area contributed by atoms with Crippen molar-refractivity contribution in [2.45, 2.75) is 26.7 Å². The summed E-state index contributed by atoms with van der Waals surface area (Å²) < 4.78 is 0. The second-order valence-corrected chi connectivity index (χ2v) is 8.77. The fourth-order valence-electron chi connectivity index (χ4n) is 4.47. The number of para-hydroxylation sites is 2. The van der Waals surface area contributed by atoms with Crippen molar-refractivity contribution in [2.75, 3.05) is 5.32 Å². The fourth-order valence-corrected chi connectivity index (χ4v) is 4.47. The number of aromatic amines is 1. The Bertz CT molecular complexity index is 1560. The molecule has 2 aromatic heterocycles. The summed E-state index contributed by atoms with van der Waals surface area (Å²) in [5.74, 6) is -1.19. The van der Waals surface area contributed by atoms with E-state index in [-0.39, 0.29) is 11.5 Å². The van der Waals surface area contributed by atoms with Crippen molar-refractivity contribution in [1.29, 1.82) is 0 Å². The van der Waals surface area contributed by atoms with E-state index in [1.54, 1.807) is 12.1 Å². The van der Waals surface area contributed by atoms with E-state index in [1.165, 1.54) is 0 Å². The lowest BCUT2D eigenvalue weighted by Gasteiger charge is -2.12. The van der Waals surface area contributed by atoms with E-state index in [2.05, 4.69) is 10.3 Å². The molecule has 0 fully saturated rings. The first-order chi connectivity index (χ1) is 16.9. The van der Waals surface area contributed by atoms with Gasteiger partial charge in [0.1, 0.15) is 5.69 Å². The molecule has 0 spiro atoms. The molecule has 0 saturated heterocycles. The predicted octanol–water partition coefficient (Wildman–Crippen LogP) is 6.07. The molecule has 0 unspecified atom stereocenters. The highest BCUT2D eigenvalue weighted by molar-refractivity contribution is 6.12. The monoisotopic (exact) mass is 463 g/mol. The Labute approximate surface area is 202 Å². The van der Waals surface area contributed by atoms with Crippen LogP contribution >= 0.6 is 0 Å². The van der Waals surface area contributed by atoms with Crippen molar-refractivity contribution in [2.24, 2.45) is 0 Å². The van der Waals surface area contributed by atoms with Gasteiger partial charge in [0.2, 0.25) is 0 Å². The van der Waals surface area contributed by atoms with Crippen molar-refractivity contribution in [1.82, 2.24) is 9.97 Å². The zero-order valence-electron chi connectivity index (χ0n) is 19.6. The standard InChI is InChI=1S/C29H25N3O3/c1-17-6-5-7-18(2)26(17)32-28(33)25-16-22-21-8-3-4-9-23(21)31-27(22)24(30-25)15-12-19-10-13-20(14-11-19)29(34)35/h3-11,13-14,16,31H,12,15H2,1-2H3,(H,32,33)(H,34,35). The molecule has 0 bridgehead atoms. The summed E-state index contributed by atoms with van der Waals surface area (Å²) in [6.45, 7) is 3.94.